The number of carbonyl (C=O) groups is 2. The quantitative estimate of drug-likeness (QED) is 0.711. The molecule has 1 rings (SSSR count). The maximum absolute atomic E-state index is 12.4. The second-order valence-electron chi connectivity index (χ2n) is 4.29. The predicted molar refractivity (Wildman–Crippen MR) is 70.6 cm³/mol. The standard InChI is InChI=1S/C14H16F2O6/c1-2-21-11(17)6-5-8-3-4-9(12(18)13(19)20)7-10(8)22-14(15)16/h3-4,7,12,14,18H,2,5-6H2,1H3,(H,19,20). The second kappa shape index (κ2) is 8.28. The van der Waals surface area contributed by atoms with E-state index in [9.17, 15) is 23.5 Å². The van der Waals surface area contributed by atoms with Gasteiger partial charge in [0.2, 0.25) is 0 Å². The number of ether oxygens (including phenoxy) is 2. The number of carbonyl (C=O) groups excluding carboxylic acids is 1. The zero-order chi connectivity index (χ0) is 16.7. The van der Waals surface area contributed by atoms with Gasteiger partial charge in [-0.15, -0.1) is 0 Å². The number of alkyl halides is 2. The zero-order valence-electron chi connectivity index (χ0n) is 11.8. The summed E-state index contributed by atoms with van der Waals surface area (Å²) in [4.78, 5) is 22.0. The van der Waals surface area contributed by atoms with Crippen LogP contribution in [0, 0.1) is 0 Å². The van der Waals surface area contributed by atoms with Gasteiger partial charge in [-0.05, 0) is 30.5 Å². The second-order valence-corrected chi connectivity index (χ2v) is 4.29. The molecule has 0 aromatic heterocycles. The first-order chi connectivity index (χ1) is 10.3. The summed E-state index contributed by atoms with van der Waals surface area (Å²) in [6.07, 6.45) is -1.79. The average Bonchev–Trinajstić information content (AvgIpc) is 2.44. The lowest BCUT2D eigenvalue weighted by atomic mass is 10.0. The van der Waals surface area contributed by atoms with Crippen molar-refractivity contribution in [3.8, 4) is 5.75 Å². The largest absolute Gasteiger partial charge is 0.479 e. The summed E-state index contributed by atoms with van der Waals surface area (Å²) in [7, 11) is 0. The molecule has 0 saturated heterocycles. The molecule has 0 aliphatic carbocycles. The Bertz CT molecular complexity index is 532. The van der Waals surface area contributed by atoms with Crippen LogP contribution in [-0.2, 0) is 20.7 Å². The summed E-state index contributed by atoms with van der Waals surface area (Å²) in [5, 5.41) is 18.1. The maximum atomic E-state index is 12.4. The molecule has 1 unspecified atom stereocenters. The Labute approximate surface area is 125 Å². The fourth-order valence-electron chi connectivity index (χ4n) is 1.77. The first-order valence-corrected chi connectivity index (χ1v) is 6.49. The number of hydrogen-bond donors (Lipinski definition) is 2. The minimum atomic E-state index is -3.11. The molecule has 0 spiro atoms. The van der Waals surface area contributed by atoms with Crippen molar-refractivity contribution in [3.63, 3.8) is 0 Å². The van der Waals surface area contributed by atoms with Gasteiger partial charge in [-0.25, -0.2) is 4.79 Å². The Kier molecular flexibility index (Phi) is 6.71. The monoisotopic (exact) mass is 318 g/mol. The van der Waals surface area contributed by atoms with Crippen molar-refractivity contribution >= 4 is 11.9 Å². The van der Waals surface area contributed by atoms with E-state index in [1.54, 1.807) is 6.92 Å². The maximum Gasteiger partial charge on any atom is 0.387 e. The smallest absolute Gasteiger partial charge is 0.387 e. The number of rotatable bonds is 8. The molecular formula is C14H16F2O6. The van der Waals surface area contributed by atoms with Gasteiger partial charge in [0.25, 0.3) is 0 Å². The number of benzene rings is 1. The van der Waals surface area contributed by atoms with E-state index in [2.05, 4.69) is 4.74 Å². The van der Waals surface area contributed by atoms with Crippen molar-refractivity contribution in [1.29, 1.82) is 0 Å². The summed E-state index contributed by atoms with van der Waals surface area (Å²) >= 11 is 0. The SMILES string of the molecule is CCOC(=O)CCc1ccc(C(O)C(=O)O)cc1OC(F)F. The number of carboxylic acids is 1. The van der Waals surface area contributed by atoms with Crippen LogP contribution in [0.5, 0.6) is 5.75 Å². The van der Waals surface area contributed by atoms with Crippen LogP contribution in [0.2, 0.25) is 0 Å². The van der Waals surface area contributed by atoms with Gasteiger partial charge in [0.15, 0.2) is 6.10 Å². The fourth-order valence-corrected chi connectivity index (χ4v) is 1.77. The lowest BCUT2D eigenvalue weighted by molar-refractivity contribution is -0.147. The van der Waals surface area contributed by atoms with Crippen LogP contribution >= 0.6 is 0 Å². The highest BCUT2D eigenvalue weighted by Gasteiger charge is 2.19. The van der Waals surface area contributed by atoms with E-state index in [4.69, 9.17) is 9.84 Å². The van der Waals surface area contributed by atoms with Gasteiger partial charge < -0.3 is 19.7 Å². The molecule has 0 fully saturated rings. The molecule has 0 radical (unpaired) electrons. The van der Waals surface area contributed by atoms with Crippen molar-refractivity contribution in [2.75, 3.05) is 6.61 Å². The third kappa shape index (κ3) is 5.28. The Morgan fingerprint density at radius 2 is 2.00 bits per heavy atom. The Morgan fingerprint density at radius 1 is 1.32 bits per heavy atom. The molecule has 0 amide bonds. The molecule has 0 saturated carbocycles. The summed E-state index contributed by atoms with van der Waals surface area (Å²) in [5.41, 5.74) is 0.192. The zero-order valence-corrected chi connectivity index (χ0v) is 11.8. The van der Waals surface area contributed by atoms with E-state index < -0.39 is 24.7 Å². The van der Waals surface area contributed by atoms with Gasteiger partial charge in [-0.1, -0.05) is 12.1 Å². The first kappa shape index (κ1) is 17.8. The van der Waals surface area contributed by atoms with Gasteiger partial charge in [0.05, 0.1) is 6.61 Å². The third-order valence-electron chi connectivity index (χ3n) is 2.76. The molecule has 0 heterocycles. The van der Waals surface area contributed by atoms with E-state index in [1.807, 2.05) is 0 Å². The highest BCUT2D eigenvalue weighted by atomic mass is 19.3. The molecule has 22 heavy (non-hydrogen) atoms. The number of aliphatic carboxylic acids is 1. The lowest BCUT2D eigenvalue weighted by Gasteiger charge is -2.14. The van der Waals surface area contributed by atoms with E-state index >= 15 is 0 Å². The van der Waals surface area contributed by atoms with Crippen LogP contribution in [0.15, 0.2) is 18.2 Å². The third-order valence-corrected chi connectivity index (χ3v) is 2.76. The summed E-state index contributed by atoms with van der Waals surface area (Å²) < 4.78 is 33.9. The van der Waals surface area contributed by atoms with Crippen molar-refractivity contribution in [2.45, 2.75) is 32.5 Å². The minimum Gasteiger partial charge on any atom is -0.479 e. The lowest BCUT2D eigenvalue weighted by Crippen LogP contribution is -2.12. The van der Waals surface area contributed by atoms with E-state index in [0.29, 0.717) is 0 Å². The fraction of sp³-hybridized carbons (Fsp3) is 0.429. The van der Waals surface area contributed by atoms with Gasteiger partial charge in [-0.2, -0.15) is 8.78 Å². The number of hydrogen-bond acceptors (Lipinski definition) is 5. The summed E-state index contributed by atoms with van der Waals surface area (Å²) in [6, 6.07) is 3.63. The highest BCUT2D eigenvalue weighted by Crippen LogP contribution is 2.27. The molecule has 122 valence electrons. The van der Waals surface area contributed by atoms with Gasteiger partial charge in [0.1, 0.15) is 5.75 Å². The topological polar surface area (TPSA) is 93.1 Å². The Morgan fingerprint density at radius 3 is 2.55 bits per heavy atom. The van der Waals surface area contributed by atoms with Crippen LogP contribution in [0.1, 0.15) is 30.6 Å². The first-order valence-electron chi connectivity index (χ1n) is 6.49. The highest BCUT2D eigenvalue weighted by molar-refractivity contribution is 5.74. The molecule has 0 bridgehead atoms. The van der Waals surface area contributed by atoms with Gasteiger partial charge in [0, 0.05) is 6.42 Å². The summed E-state index contributed by atoms with van der Waals surface area (Å²) in [6.45, 7) is -1.26. The van der Waals surface area contributed by atoms with E-state index in [-0.39, 0.29) is 36.3 Å². The van der Waals surface area contributed by atoms with E-state index in [1.165, 1.54) is 12.1 Å². The van der Waals surface area contributed by atoms with Crippen LogP contribution in [0.3, 0.4) is 0 Å². The molecule has 1 aromatic carbocycles. The molecule has 2 N–H and O–H groups in total. The number of aliphatic hydroxyl groups is 1. The minimum absolute atomic E-state index is 0.0335. The molecular weight excluding hydrogens is 302 g/mol. The van der Waals surface area contributed by atoms with Gasteiger partial charge >= 0.3 is 18.6 Å². The molecule has 6 nitrogen and oxygen atoms in total. The van der Waals surface area contributed by atoms with Gasteiger partial charge in [-0.3, -0.25) is 4.79 Å². The number of halogens is 2. The van der Waals surface area contributed by atoms with Crippen LogP contribution in [0.25, 0.3) is 0 Å². The Balaban J connectivity index is 2.95. The van der Waals surface area contributed by atoms with Crippen molar-refractivity contribution < 1.29 is 38.1 Å². The number of aryl methyl sites for hydroxylation is 1. The number of aliphatic hydroxyl groups excluding tert-OH is 1. The van der Waals surface area contributed by atoms with Crippen molar-refractivity contribution in [2.24, 2.45) is 0 Å². The molecule has 0 aliphatic rings. The molecule has 8 heteroatoms. The van der Waals surface area contributed by atoms with Crippen molar-refractivity contribution in [1.82, 2.24) is 0 Å². The Hall–Kier alpha value is -2.22. The van der Waals surface area contributed by atoms with Crippen LogP contribution in [0.4, 0.5) is 8.78 Å². The normalized spacial score (nSPS) is 12.0. The van der Waals surface area contributed by atoms with Crippen LogP contribution < -0.4 is 4.74 Å². The van der Waals surface area contributed by atoms with Crippen LogP contribution in [-0.4, -0.2) is 35.4 Å². The number of esters is 1. The average molecular weight is 318 g/mol. The summed E-state index contributed by atoms with van der Waals surface area (Å²) in [5.74, 6) is -2.28. The predicted octanol–water partition coefficient (Wildman–Crippen LogP) is 1.90. The molecule has 1 aromatic rings. The molecule has 1 atom stereocenters. The molecule has 0 aliphatic heterocycles. The van der Waals surface area contributed by atoms with E-state index in [0.717, 1.165) is 6.07 Å². The number of carboxylic acid groups (broad SMARTS) is 1. The van der Waals surface area contributed by atoms with Crippen molar-refractivity contribution in [3.05, 3.63) is 29.3 Å².